The molecule has 1 N–H and O–H groups in total. The first-order valence-corrected chi connectivity index (χ1v) is 7.89. The van der Waals surface area contributed by atoms with Crippen molar-refractivity contribution in [2.75, 3.05) is 13.2 Å². The fraction of sp³-hybridized carbons (Fsp3) is 0.368. The Balaban J connectivity index is 1.86. The molecule has 0 radical (unpaired) electrons. The van der Waals surface area contributed by atoms with E-state index in [1.165, 1.54) is 12.1 Å². The van der Waals surface area contributed by atoms with Gasteiger partial charge >= 0.3 is 0 Å². The normalized spacial score (nSPS) is 12.6. The fourth-order valence-corrected chi connectivity index (χ4v) is 2.31. The topological polar surface area (TPSA) is 32.7 Å². The van der Waals surface area contributed by atoms with E-state index in [-0.39, 0.29) is 18.5 Å². The van der Waals surface area contributed by atoms with Gasteiger partial charge in [-0.1, -0.05) is 30.3 Å². The van der Waals surface area contributed by atoms with Gasteiger partial charge in [-0.05, 0) is 43.7 Å². The lowest BCUT2D eigenvalue weighted by Gasteiger charge is -2.28. The Morgan fingerprint density at radius 1 is 1.04 bits per heavy atom. The molecule has 2 aromatic rings. The molecule has 0 fully saturated rings. The lowest BCUT2D eigenvalue weighted by molar-refractivity contribution is 0.0543. The molecule has 0 aromatic heterocycles. The standard InChI is InChI=1S/C19H24FNO2/c1-15(2)21(12-16-8-10-17(20)11-9-16)13-18(22)14-23-19-6-4-3-5-7-19/h3-11,15,18,22H,12-14H2,1-2H3/t18-/m0/s1. The van der Waals surface area contributed by atoms with Crippen molar-refractivity contribution in [2.24, 2.45) is 0 Å². The van der Waals surface area contributed by atoms with Crippen LogP contribution in [0, 0.1) is 5.82 Å². The molecule has 23 heavy (non-hydrogen) atoms. The van der Waals surface area contributed by atoms with Crippen molar-refractivity contribution in [3.8, 4) is 5.75 Å². The quantitative estimate of drug-likeness (QED) is 0.809. The molecule has 4 heteroatoms. The van der Waals surface area contributed by atoms with Crippen LogP contribution in [0.15, 0.2) is 54.6 Å². The number of halogens is 1. The van der Waals surface area contributed by atoms with Crippen molar-refractivity contribution in [3.05, 3.63) is 66.0 Å². The van der Waals surface area contributed by atoms with Crippen LogP contribution in [0.1, 0.15) is 19.4 Å². The number of hydrogen-bond acceptors (Lipinski definition) is 3. The van der Waals surface area contributed by atoms with E-state index in [4.69, 9.17) is 4.74 Å². The molecule has 0 amide bonds. The van der Waals surface area contributed by atoms with E-state index in [0.29, 0.717) is 13.1 Å². The summed E-state index contributed by atoms with van der Waals surface area (Å²) >= 11 is 0. The summed E-state index contributed by atoms with van der Waals surface area (Å²) in [7, 11) is 0. The molecule has 124 valence electrons. The first-order valence-electron chi connectivity index (χ1n) is 7.89. The van der Waals surface area contributed by atoms with Crippen molar-refractivity contribution in [1.82, 2.24) is 4.90 Å². The zero-order valence-electron chi connectivity index (χ0n) is 13.7. The van der Waals surface area contributed by atoms with Crippen LogP contribution in [0.2, 0.25) is 0 Å². The van der Waals surface area contributed by atoms with Gasteiger partial charge in [0.25, 0.3) is 0 Å². The van der Waals surface area contributed by atoms with E-state index in [0.717, 1.165) is 11.3 Å². The van der Waals surface area contributed by atoms with Crippen LogP contribution in [0.4, 0.5) is 4.39 Å². The van der Waals surface area contributed by atoms with Crippen LogP contribution >= 0.6 is 0 Å². The van der Waals surface area contributed by atoms with Crippen LogP contribution in [0.5, 0.6) is 5.75 Å². The van der Waals surface area contributed by atoms with Gasteiger partial charge in [-0.2, -0.15) is 0 Å². The van der Waals surface area contributed by atoms with Crippen molar-refractivity contribution in [2.45, 2.75) is 32.5 Å². The van der Waals surface area contributed by atoms with E-state index in [1.54, 1.807) is 12.1 Å². The van der Waals surface area contributed by atoms with Gasteiger partial charge in [-0.25, -0.2) is 4.39 Å². The summed E-state index contributed by atoms with van der Waals surface area (Å²) in [6, 6.07) is 16.2. The Labute approximate surface area is 137 Å². The van der Waals surface area contributed by atoms with Crippen molar-refractivity contribution < 1.29 is 14.2 Å². The summed E-state index contributed by atoms with van der Waals surface area (Å²) in [4.78, 5) is 2.15. The average Bonchev–Trinajstić information content (AvgIpc) is 2.55. The van der Waals surface area contributed by atoms with Gasteiger partial charge in [0.1, 0.15) is 24.3 Å². The predicted octanol–water partition coefficient (Wildman–Crippen LogP) is 3.48. The van der Waals surface area contributed by atoms with Gasteiger partial charge in [-0.15, -0.1) is 0 Å². The molecule has 0 saturated heterocycles. The molecule has 0 unspecified atom stereocenters. The molecule has 0 saturated carbocycles. The molecule has 3 nitrogen and oxygen atoms in total. The monoisotopic (exact) mass is 317 g/mol. The summed E-state index contributed by atoms with van der Waals surface area (Å²) in [5, 5.41) is 10.2. The van der Waals surface area contributed by atoms with E-state index in [9.17, 15) is 9.50 Å². The second kappa shape index (κ2) is 8.65. The maximum atomic E-state index is 13.0. The highest BCUT2D eigenvalue weighted by molar-refractivity contribution is 5.21. The molecule has 0 aliphatic carbocycles. The highest BCUT2D eigenvalue weighted by Gasteiger charge is 2.16. The third kappa shape index (κ3) is 6.00. The molecule has 0 aliphatic rings. The Bertz CT molecular complexity index is 572. The van der Waals surface area contributed by atoms with Crippen molar-refractivity contribution >= 4 is 0 Å². The maximum absolute atomic E-state index is 13.0. The third-order valence-corrected chi connectivity index (χ3v) is 3.66. The highest BCUT2D eigenvalue weighted by atomic mass is 19.1. The molecule has 0 spiro atoms. The second-order valence-corrected chi connectivity index (χ2v) is 5.93. The maximum Gasteiger partial charge on any atom is 0.123 e. The molecule has 1 atom stereocenters. The fourth-order valence-electron chi connectivity index (χ4n) is 2.31. The van der Waals surface area contributed by atoms with Gasteiger partial charge in [0, 0.05) is 19.1 Å². The number of aliphatic hydroxyl groups excluding tert-OH is 1. The second-order valence-electron chi connectivity index (χ2n) is 5.93. The first-order chi connectivity index (χ1) is 11.0. The molecule has 2 rings (SSSR count). The van der Waals surface area contributed by atoms with Gasteiger partial charge in [0.05, 0.1) is 0 Å². The molecule has 0 bridgehead atoms. The largest absolute Gasteiger partial charge is 0.491 e. The van der Waals surface area contributed by atoms with Crippen molar-refractivity contribution in [3.63, 3.8) is 0 Å². The number of para-hydroxylation sites is 1. The number of aliphatic hydroxyl groups is 1. The van der Waals surface area contributed by atoms with Gasteiger partial charge < -0.3 is 9.84 Å². The first kappa shape index (κ1) is 17.4. The zero-order chi connectivity index (χ0) is 16.7. The SMILES string of the molecule is CC(C)N(Cc1ccc(F)cc1)C[C@H](O)COc1ccccc1. The van der Waals surface area contributed by atoms with Crippen LogP contribution in [0.25, 0.3) is 0 Å². The molecule has 2 aromatic carbocycles. The molecule has 0 heterocycles. The number of hydrogen-bond donors (Lipinski definition) is 1. The Hall–Kier alpha value is -1.91. The summed E-state index contributed by atoms with van der Waals surface area (Å²) < 4.78 is 18.6. The number of benzene rings is 2. The molecular formula is C19H24FNO2. The van der Waals surface area contributed by atoms with Crippen LogP contribution in [-0.2, 0) is 6.54 Å². The minimum absolute atomic E-state index is 0.235. The van der Waals surface area contributed by atoms with Gasteiger partial charge in [0.15, 0.2) is 0 Å². The summed E-state index contributed by atoms with van der Waals surface area (Å²) in [6.45, 7) is 5.57. The zero-order valence-corrected chi connectivity index (χ0v) is 13.7. The van der Waals surface area contributed by atoms with Crippen molar-refractivity contribution in [1.29, 1.82) is 0 Å². The number of ether oxygens (including phenoxy) is 1. The lowest BCUT2D eigenvalue weighted by atomic mass is 10.1. The third-order valence-electron chi connectivity index (χ3n) is 3.66. The number of rotatable bonds is 8. The minimum Gasteiger partial charge on any atom is -0.491 e. The van der Waals surface area contributed by atoms with Crippen LogP contribution < -0.4 is 4.74 Å². The predicted molar refractivity (Wildman–Crippen MR) is 89.9 cm³/mol. The van der Waals surface area contributed by atoms with E-state index in [1.807, 2.05) is 30.3 Å². The Morgan fingerprint density at radius 2 is 1.70 bits per heavy atom. The molecule has 0 aliphatic heterocycles. The van der Waals surface area contributed by atoms with E-state index < -0.39 is 6.10 Å². The minimum atomic E-state index is -0.585. The Kier molecular flexibility index (Phi) is 6.56. The smallest absolute Gasteiger partial charge is 0.123 e. The summed E-state index contributed by atoms with van der Waals surface area (Å²) in [6.07, 6.45) is -0.585. The lowest BCUT2D eigenvalue weighted by Crippen LogP contribution is -2.39. The summed E-state index contributed by atoms with van der Waals surface area (Å²) in [5.41, 5.74) is 1.02. The highest BCUT2D eigenvalue weighted by Crippen LogP contribution is 2.12. The summed E-state index contributed by atoms with van der Waals surface area (Å²) in [5.74, 6) is 0.516. The van der Waals surface area contributed by atoms with Crippen LogP contribution in [0.3, 0.4) is 0 Å². The van der Waals surface area contributed by atoms with Gasteiger partial charge in [0.2, 0.25) is 0 Å². The van der Waals surface area contributed by atoms with Crippen LogP contribution in [-0.4, -0.2) is 35.3 Å². The van der Waals surface area contributed by atoms with Gasteiger partial charge in [-0.3, -0.25) is 4.90 Å². The Morgan fingerprint density at radius 3 is 2.30 bits per heavy atom. The molecular weight excluding hydrogens is 293 g/mol. The van der Waals surface area contributed by atoms with E-state index >= 15 is 0 Å². The number of nitrogens with zero attached hydrogens (tertiary/aromatic N) is 1. The van der Waals surface area contributed by atoms with E-state index in [2.05, 4.69) is 18.7 Å². The average molecular weight is 317 g/mol.